The summed E-state index contributed by atoms with van der Waals surface area (Å²) in [5.41, 5.74) is 1.88. The van der Waals surface area contributed by atoms with E-state index in [-0.39, 0.29) is 5.02 Å². The summed E-state index contributed by atoms with van der Waals surface area (Å²) in [5, 5.41) is 0.892. The summed E-state index contributed by atoms with van der Waals surface area (Å²) >= 11 is 12.2. The predicted octanol–water partition coefficient (Wildman–Crippen LogP) is 5.06. The summed E-state index contributed by atoms with van der Waals surface area (Å²) in [4.78, 5) is 8.04. The van der Waals surface area contributed by atoms with Gasteiger partial charge in [-0.15, -0.1) is 0 Å². The lowest BCUT2D eigenvalue weighted by Gasteiger charge is -2.08. The Kier molecular flexibility index (Phi) is 3.86. The molecule has 103 valence electrons. The van der Waals surface area contributed by atoms with Crippen molar-refractivity contribution in [3.8, 4) is 22.5 Å². The molecule has 0 unspecified atom stereocenters. The largest absolute Gasteiger partial charge is 0.224 e. The Hall–Kier alpha value is -1.97. The van der Waals surface area contributed by atoms with Crippen LogP contribution in [0, 0.1) is 12.1 Å². The summed E-state index contributed by atoms with van der Waals surface area (Å²) in [6.45, 7) is 0. The highest BCUT2D eigenvalue weighted by molar-refractivity contribution is 6.35. The monoisotopic (exact) mass is 317 g/mol. The third-order valence-corrected chi connectivity index (χ3v) is 3.60. The molecule has 2 aromatic carbocycles. The smallest absolute Gasteiger partial charge is 0.199 e. The molecule has 0 aliphatic heterocycles. The second-order valence-corrected chi connectivity index (χ2v) is 5.14. The molecule has 0 saturated heterocycles. The first kappa shape index (κ1) is 14.0. The molecule has 5 heteroatoms. The zero-order valence-electron chi connectivity index (χ0n) is 10.6. The molecule has 0 fully saturated rings. The first-order valence-corrected chi connectivity index (χ1v) is 6.87. The fourth-order valence-corrected chi connectivity index (χ4v) is 2.39. The van der Waals surface area contributed by atoms with E-state index in [0.717, 1.165) is 5.56 Å². The molecule has 21 heavy (non-hydrogen) atoms. The lowest BCUT2D eigenvalue weighted by molar-refractivity contribution is 0.630. The van der Waals surface area contributed by atoms with Crippen molar-refractivity contribution >= 4 is 23.2 Å². The van der Waals surface area contributed by atoms with E-state index in [4.69, 9.17) is 23.2 Å². The van der Waals surface area contributed by atoms with Gasteiger partial charge in [0.2, 0.25) is 0 Å². The van der Waals surface area contributed by atoms with Crippen LogP contribution in [0.15, 0.2) is 48.5 Å². The van der Waals surface area contributed by atoms with Gasteiger partial charge in [-0.2, -0.15) is 0 Å². The van der Waals surface area contributed by atoms with Gasteiger partial charge in [-0.25, -0.2) is 14.4 Å². The van der Waals surface area contributed by atoms with E-state index in [9.17, 15) is 4.39 Å². The minimum absolute atomic E-state index is 0.279. The lowest BCUT2D eigenvalue weighted by Crippen LogP contribution is -1.94. The predicted molar refractivity (Wildman–Crippen MR) is 81.7 cm³/mol. The molecule has 1 heterocycles. The normalized spacial score (nSPS) is 10.6. The molecule has 2 nitrogen and oxygen atoms in total. The maximum atomic E-state index is 13.9. The molecular formula is C16H8Cl2FN2. The maximum absolute atomic E-state index is 13.9. The van der Waals surface area contributed by atoms with Crippen LogP contribution in [0.5, 0.6) is 0 Å². The first-order chi connectivity index (χ1) is 10.2. The zero-order chi connectivity index (χ0) is 14.8. The van der Waals surface area contributed by atoms with Crippen molar-refractivity contribution in [3.63, 3.8) is 0 Å². The van der Waals surface area contributed by atoms with E-state index in [2.05, 4.69) is 16.3 Å². The van der Waals surface area contributed by atoms with Crippen molar-refractivity contribution in [3.05, 3.63) is 70.7 Å². The molecule has 1 aromatic heterocycles. The molecule has 0 N–H and O–H groups in total. The van der Waals surface area contributed by atoms with Gasteiger partial charge in [-0.1, -0.05) is 47.5 Å². The quantitative estimate of drug-likeness (QED) is 0.660. The average Bonchev–Trinajstić information content (AvgIpc) is 2.50. The van der Waals surface area contributed by atoms with Crippen molar-refractivity contribution < 1.29 is 4.39 Å². The highest BCUT2D eigenvalue weighted by Crippen LogP contribution is 2.34. The standard InChI is InChI=1S/C16H8Cl2FN2/c17-11-7-5-10(6-8-11)15-14(18)16(21-9-20-15)12-3-1-2-4-13(12)19/h1-8H. The van der Waals surface area contributed by atoms with Crippen LogP contribution in [-0.4, -0.2) is 9.97 Å². The minimum atomic E-state index is -0.395. The van der Waals surface area contributed by atoms with Crippen LogP contribution in [0.1, 0.15) is 0 Å². The van der Waals surface area contributed by atoms with E-state index in [1.54, 1.807) is 42.5 Å². The zero-order valence-corrected chi connectivity index (χ0v) is 12.2. The fraction of sp³-hybridized carbons (Fsp3) is 0. The third kappa shape index (κ3) is 2.75. The van der Waals surface area contributed by atoms with Crippen LogP contribution in [0.4, 0.5) is 4.39 Å². The summed E-state index contributed by atoms with van der Waals surface area (Å²) in [6.07, 6.45) is 2.53. The second-order valence-electron chi connectivity index (χ2n) is 4.32. The van der Waals surface area contributed by atoms with Gasteiger partial charge in [-0.3, -0.25) is 0 Å². The highest BCUT2D eigenvalue weighted by Gasteiger charge is 2.15. The summed E-state index contributed by atoms with van der Waals surface area (Å²) in [5.74, 6) is -0.395. The van der Waals surface area contributed by atoms with Crippen LogP contribution in [-0.2, 0) is 0 Å². The summed E-state index contributed by atoms with van der Waals surface area (Å²) in [7, 11) is 0. The number of rotatable bonds is 2. The number of hydrogen-bond donors (Lipinski definition) is 0. The highest BCUT2D eigenvalue weighted by atomic mass is 35.5. The molecule has 0 aliphatic carbocycles. The fourth-order valence-electron chi connectivity index (χ4n) is 1.97. The number of hydrogen-bond acceptors (Lipinski definition) is 2. The third-order valence-electron chi connectivity index (χ3n) is 2.99. The molecular weight excluding hydrogens is 310 g/mol. The molecule has 3 aromatic rings. The summed E-state index contributed by atoms with van der Waals surface area (Å²) < 4.78 is 13.9. The lowest BCUT2D eigenvalue weighted by atomic mass is 10.1. The van der Waals surface area contributed by atoms with Crippen LogP contribution in [0.25, 0.3) is 22.5 Å². The molecule has 0 spiro atoms. The topological polar surface area (TPSA) is 25.8 Å². The second kappa shape index (κ2) is 5.80. The van der Waals surface area contributed by atoms with Crippen LogP contribution < -0.4 is 0 Å². The average molecular weight is 318 g/mol. The van der Waals surface area contributed by atoms with Gasteiger partial charge in [0.15, 0.2) is 6.33 Å². The van der Waals surface area contributed by atoms with E-state index < -0.39 is 5.82 Å². The Morgan fingerprint density at radius 2 is 1.52 bits per heavy atom. The molecule has 0 amide bonds. The molecule has 0 atom stereocenters. The molecule has 0 aliphatic rings. The van der Waals surface area contributed by atoms with Gasteiger partial charge in [0.05, 0.1) is 16.4 Å². The summed E-state index contributed by atoms with van der Waals surface area (Å²) in [6, 6.07) is 13.3. The molecule has 3 rings (SSSR count). The Labute approximate surface area is 131 Å². The van der Waals surface area contributed by atoms with Gasteiger partial charge in [0.25, 0.3) is 0 Å². The van der Waals surface area contributed by atoms with E-state index in [1.165, 1.54) is 6.07 Å². The number of aromatic nitrogens is 2. The van der Waals surface area contributed by atoms with Crippen LogP contribution >= 0.6 is 23.2 Å². The Bertz CT molecular complexity index is 789. The molecule has 0 bridgehead atoms. The SMILES string of the molecule is Fc1ccccc1-c1n[c]nc(-c2ccc(Cl)cc2)c1Cl. The van der Waals surface area contributed by atoms with Crippen molar-refractivity contribution in [1.82, 2.24) is 9.97 Å². The Morgan fingerprint density at radius 3 is 2.24 bits per heavy atom. The van der Waals surface area contributed by atoms with Crippen molar-refractivity contribution in [1.29, 1.82) is 0 Å². The van der Waals surface area contributed by atoms with Gasteiger partial charge >= 0.3 is 0 Å². The number of nitrogens with zero attached hydrogens (tertiary/aromatic N) is 2. The number of halogens is 3. The van der Waals surface area contributed by atoms with Gasteiger partial charge in [0, 0.05) is 16.1 Å². The first-order valence-electron chi connectivity index (χ1n) is 6.11. The van der Waals surface area contributed by atoms with Gasteiger partial charge < -0.3 is 0 Å². The van der Waals surface area contributed by atoms with E-state index in [0.29, 0.717) is 22.0 Å². The van der Waals surface area contributed by atoms with Crippen LogP contribution in [0.3, 0.4) is 0 Å². The van der Waals surface area contributed by atoms with Crippen molar-refractivity contribution in [2.45, 2.75) is 0 Å². The molecule has 1 radical (unpaired) electrons. The van der Waals surface area contributed by atoms with Gasteiger partial charge in [-0.05, 0) is 24.3 Å². The minimum Gasteiger partial charge on any atom is -0.224 e. The Morgan fingerprint density at radius 1 is 0.857 bits per heavy atom. The Balaban J connectivity index is 2.16. The maximum Gasteiger partial charge on any atom is 0.199 e. The number of benzene rings is 2. The van der Waals surface area contributed by atoms with Crippen LogP contribution in [0.2, 0.25) is 10.0 Å². The van der Waals surface area contributed by atoms with E-state index >= 15 is 0 Å². The van der Waals surface area contributed by atoms with E-state index in [1.807, 2.05) is 0 Å². The van der Waals surface area contributed by atoms with Gasteiger partial charge in [0.1, 0.15) is 5.82 Å². The van der Waals surface area contributed by atoms with Crippen molar-refractivity contribution in [2.24, 2.45) is 0 Å². The molecule has 0 saturated carbocycles. The van der Waals surface area contributed by atoms with Crippen molar-refractivity contribution in [2.75, 3.05) is 0 Å².